The zero-order valence-corrected chi connectivity index (χ0v) is 13.6. The zero-order chi connectivity index (χ0) is 12.2. The maximum atomic E-state index is 4.73. The van der Waals surface area contributed by atoms with Crippen molar-refractivity contribution in [3.05, 3.63) is 40.7 Å². The molecule has 0 bridgehead atoms. The Labute approximate surface area is 136 Å². The van der Waals surface area contributed by atoms with Gasteiger partial charge in [-0.25, -0.2) is 4.98 Å². The van der Waals surface area contributed by atoms with Crippen molar-refractivity contribution in [1.82, 2.24) is 15.2 Å². The van der Waals surface area contributed by atoms with E-state index >= 15 is 0 Å². The minimum Gasteiger partial charge on any atom is -0.314 e. The van der Waals surface area contributed by atoms with Crippen molar-refractivity contribution < 1.29 is 0 Å². The number of piperazine rings is 1. The third-order valence-corrected chi connectivity index (χ3v) is 4.02. The van der Waals surface area contributed by atoms with Crippen molar-refractivity contribution in [2.24, 2.45) is 0 Å². The molecule has 1 aromatic heterocycles. The van der Waals surface area contributed by atoms with E-state index in [1.54, 1.807) is 11.3 Å². The average molecular weight is 332 g/mol. The molecule has 0 aliphatic carbocycles. The highest BCUT2D eigenvalue weighted by molar-refractivity contribution is 7.09. The molecule has 110 valence electrons. The molecular formula is C14H19Cl2N3S. The van der Waals surface area contributed by atoms with Crippen molar-refractivity contribution >= 4 is 36.2 Å². The molecule has 1 aromatic carbocycles. The fourth-order valence-electron chi connectivity index (χ4n) is 2.19. The molecule has 1 fully saturated rings. The Hall–Kier alpha value is -0.650. The largest absolute Gasteiger partial charge is 0.314 e. The van der Waals surface area contributed by atoms with Crippen LogP contribution in [-0.2, 0) is 6.54 Å². The second-order valence-corrected chi connectivity index (χ2v) is 5.46. The third-order valence-electron chi connectivity index (χ3n) is 3.19. The average Bonchev–Trinajstić information content (AvgIpc) is 2.89. The lowest BCUT2D eigenvalue weighted by atomic mass is 10.2. The van der Waals surface area contributed by atoms with Gasteiger partial charge in [-0.1, -0.05) is 30.3 Å². The lowest BCUT2D eigenvalue weighted by molar-refractivity contribution is 0.233. The molecule has 0 radical (unpaired) electrons. The van der Waals surface area contributed by atoms with Gasteiger partial charge in [-0.15, -0.1) is 36.2 Å². The van der Waals surface area contributed by atoms with E-state index in [-0.39, 0.29) is 24.8 Å². The van der Waals surface area contributed by atoms with Crippen molar-refractivity contribution in [1.29, 1.82) is 0 Å². The summed E-state index contributed by atoms with van der Waals surface area (Å²) in [6, 6.07) is 10.4. The number of thiazole rings is 1. The predicted molar refractivity (Wildman–Crippen MR) is 90.2 cm³/mol. The molecule has 2 aromatic rings. The van der Waals surface area contributed by atoms with Gasteiger partial charge < -0.3 is 5.32 Å². The molecule has 20 heavy (non-hydrogen) atoms. The van der Waals surface area contributed by atoms with Crippen LogP contribution < -0.4 is 5.32 Å². The Morgan fingerprint density at radius 2 is 1.80 bits per heavy atom. The van der Waals surface area contributed by atoms with Gasteiger partial charge in [0.2, 0.25) is 0 Å². The van der Waals surface area contributed by atoms with Crippen molar-refractivity contribution in [2.45, 2.75) is 6.54 Å². The Morgan fingerprint density at radius 3 is 2.50 bits per heavy atom. The molecule has 3 nitrogen and oxygen atoms in total. The number of rotatable bonds is 3. The van der Waals surface area contributed by atoms with Crippen LogP contribution in [0.2, 0.25) is 0 Å². The maximum absolute atomic E-state index is 4.73. The standard InChI is InChI=1S/C14H17N3S.2ClH/c1-2-4-12(5-3-1)13-11-18-14(16-13)10-17-8-6-15-7-9-17;;/h1-5,11,15H,6-10H2;2*1H. The molecule has 6 heteroatoms. The number of aromatic nitrogens is 1. The first-order valence-corrected chi connectivity index (χ1v) is 7.23. The fourth-order valence-corrected chi connectivity index (χ4v) is 3.03. The summed E-state index contributed by atoms with van der Waals surface area (Å²) in [6.07, 6.45) is 0. The SMILES string of the molecule is Cl.Cl.c1ccc(-c2csc(CN3CCNCC3)n2)cc1. The van der Waals surface area contributed by atoms with Gasteiger partial charge in [0, 0.05) is 37.1 Å². The van der Waals surface area contributed by atoms with Gasteiger partial charge in [0.25, 0.3) is 0 Å². The minimum atomic E-state index is 0. The first-order chi connectivity index (χ1) is 8.92. The van der Waals surface area contributed by atoms with Crippen LogP contribution in [0.25, 0.3) is 11.3 Å². The predicted octanol–water partition coefficient (Wildman–Crippen LogP) is 3.06. The normalized spacial score (nSPS) is 15.2. The first-order valence-electron chi connectivity index (χ1n) is 6.35. The summed E-state index contributed by atoms with van der Waals surface area (Å²) in [5, 5.41) is 6.75. The van der Waals surface area contributed by atoms with Crippen LogP contribution >= 0.6 is 36.2 Å². The van der Waals surface area contributed by atoms with Crippen molar-refractivity contribution in [2.75, 3.05) is 26.2 Å². The molecule has 0 atom stereocenters. The van der Waals surface area contributed by atoms with Crippen LogP contribution in [0.15, 0.2) is 35.7 Å². The monoisotopic (exact) mass is 331 g/mol. The van der Waals surface area contributed by atoms with E-state index in [9.17, 15) is 0 Å². The van der Waals surface area contributed by atoms with Gasteiger partial charge in [0.1, 0.15) is 5.01 Å². The van der Waals surface area contributed by atoms with E-state index in [4.69, 9.17) is 4.98 Å². The van der Waals surface area contributed by atoms with Crippen LogP contribution in [0.3, 0.4) is 0 Å². The molecule has 3 rings (SSSR count). The Morgan fingerprint density at radius 1 is 1.10 bits per heavy atom. The highest BCUT2D eigenvalue weighted by Crippen LogP contribution is 2.22. The molecular weight excluding hydrogens is 313 g/mol. The smallest absolute Gasteiger partial charge is 0.107 e. The summed E-state index contributed by atoms with van der Waals surface area (Å²) in [7, 11) is 0. The topological polar surface area (TPSA) is 28.2 Å². The lowest BCUT2D eigenvalue weighted by Crippen LogP contribution is -2.42. The van der Waals surface area contributed by atoms with E-state index in [0.717, 1.165) is 38.4 Å². The molecule has 1 saturated heterocycles. The van der Waals surface area contributed by atoms with E-state index in [1.807, 2.05) is 6.07 Å². The minimum absolute atomic E-state index is 0. The van der Waals surface area contributed by atoms with Crippen LogP contribution in [0, 0.1) is 0 Å². The Balaban J connectivity index is 0.000001000. The number of hydrogen-bond acceptors (Lipinski definition) is 4. The zero-order valence-electron chi connectivity index (χ0n) is 11.1. The number of nitrogens with one attached hydrogen (secondary N) is 1. The summed E-state index contributed by atoms with van der Waals surface area (Å²) < 4.78 is 0. The van der Waals surface area contributed by atoms with Crippen molar-refractivity contribution in [3.8, 4) is 11.3 Å². The van der Waals surface area contributed by atoms with E-state index in [2.05, 4.69) is 39.9 Å². The lowest BCUT2D eigenvalue weighted by Gasteiger charge is -2.26. The van der Waals surface area contributed by atoms with Crippen LogP contribution in [0.1, 0.15) is 5.01 Å². The van der Waals surface area contributed by atoms with E-state index < -0.39 is 0 Å². The Kier molecular flexibility index (Phi) is 7.48. The first kappa shape index (κ1) is 17.4. The van der Waals surface area contributed by atoms with Gasteiger partial charge in [-0.05, 0) is 0 Å². The van der Waals surface area contributed by atoms with Gasteiger partial charge in [0.05, 0.1) is 12.2 Å². The van der Waals surface area contributed by atoms with E-state index in [0.29, 0.717) is 0 Å². The van der Waals surface area contributed by atoms with Crippen LogP contribution in [0.5, 0.6) is 0 Å². The molecule has 0 amide bonds. The summed E-state index contributed by atoms with van der Waals surface area (Å²) in [4.78, 5) is 7.19. The molecule has 1 aliphatic rings. The summed E-state index contributed by atoms with van der Waals surface area (Å²) >= 11 is 1.76. The molecule has 1 aliphatic heterocycles. The molecule has 0 saturated carbocycles. The summed E-state index contributed by atoms with van der Waals surface area (Å²) in [5.74, 6) is 0. The second-order valence-electron chi connectivity index (χ2n) is 4.52. The number of nitrogens with zero attached hydrogens (tertiary/aromatic N) is 2. The number of halogens is 2. The highest BCUT2D eigenvalue weighted by atomic mass is 35.5. The van der Waals surface area contributed by atoms with Gasteiger partial charge in [-0.2, -0.15) is 0 Å². The third kappa shape index (κ3) is 4.43. The van der Waals surface area contributed by atoms with E-state index in [1.165, 1.54) is 10.6 Å². The molecule has 0 unspecified atom stereocenters. The molecule has 1 N–H and O–H groups in total. The van der Waals surface area contributed by atoms with Crippen LogP contribution in [-0.4, -0.2) is 36.1 Å². The van der Waals surface area contributed by atoms with Crippen LogP contribution in [0.4, 0.5) is 0 Å². The number of hydrogen-bond donors (Lipinski definition) is 1. The summed E-state index contributed by atoms with van der Waals surface area (Å²) in [5.41, 5.74) is 2.31. The summed E-state index contributed by atoms with van der Waals surface area (Å²) in [6.45, 7) is 5.42. The maximum Gasteiger partial charge on any atom is 0.107 e. The highest BCUT2D eigenvalue weighted by Gasteiger charge is 2.12. The van der Waals surface area contributed by atoms with Gasteiger partial charge >= 0.3 is 0 Å². The van der Waals surface area contributed by atoms with Gasteiger partial charge in [0.15, 0.2) is 0 Å². The van der Waals surface area contributed by atoms with Crippen molar-refractivity contribution in [3.63, 3.8) is 0 Å². The molecule has 2 heterocycles. The van der Waals surface area contributed by atoms with Gasteiger partial charge in [-0.3, -0.25) is 4.90 Å². The fraction of sp³-hybridized carbons (Fsp3) is 0.357. The Bertz CT molecular complexity index is 498. The molecule has 0 spiro atoms. The second kappa shape index (κ2) is 8.60. The number of benzene rings is 1. The quantitative estimate of drug-likeness (QED) is 0.936.